The molecule has 2 heterocycles. The molecular formula is C18H17FN4O3. The van der Waals surface area contributed by atoms with Crippen molar-refractivity contribution in [3.8, 4) is 11.3 Å². The molecule has 0 spiro atoms. The zero-order valence-electron chi connectivity index (χ0n) is 13.7. The summed E-state index contributed by atoms with van der Waals surface area (Å²) < 4.78 is 14.3. The summed E-state index contributed by atoms with van der Waals surface area (Å²) in [5.74, 6) is -0.793. The second-order valence-electron chi connectivity index (χ2n) is 5.73. The highest BCUT2D eigenvalue weighted by Crippen LogP contribution is 2.17. The second-order valence-corrected chi connectivity index (χ2v) is 5.73. The molecule has 1 aromatic carbocycles. The molecule has 1 amide bonds. The van der Waals surface area contributed by atoms with E-state index in [4.69, 9.17) is 0 Å². The van der Waals surface area contributed by atoms with Gasteiger partial charge in [-0.15, -0.1) is 0 Å². The van der Waals surface area contributed by atoms with Crippen LogP contribution < -0.4 is 10.9 Å². The monoisotopic (exact) mass is 356 g/mol. The number of carbonyl (C=O) groups is 1. The molecule has 0 aliphatic carbocycles. The van der Waals surface area contributed by atoms with E-state index in [2.05, 4.69) is 15.5 Å². The molecule has 0 bridgehead atoms. The van der Waals surface area contributed by atoms with Crippen molar-refractivity contribution in [2.45, 2.75) is 12.6 Å². The van der Waals surface area contributed by atoms with Gasteiger partial charge in [-0.25, -0.2) is 4.39 Å². The quantitative estimate of drug-likeness (QED) is 0.617. The molecule has 134 valence electrons. The standard InChI is InChI=1S/C18H17FN4O3/c19-13-6-4-12(5-7-13)15-9-16(22-21-15)18(26)20-10-14(24)11-23-8-2-1-3-17(23)25/h1-9,14,24H,10-11H2,(H,20,26)(H,21,22). The fourth-order valence-electron chi connectivity index (χ4n) is 2.42. The average Bonchev–Trinajstić information content (AvgIpc) is 3.12. The van der Waals surface area contributed by atoms with Gasteiger partial charge in [0.05, 0.1) is 18.3 Å². The molecule has 7 nitrogen and oxygen atoms in total. The van der Waals surface area contributed by atoms with Crippen LogP contribution >= 0.6 is 0 Å². The van der Waals surface area contributed by atoms with Gasteiger partial charge < -0.3 is 15.0 Å². The number of hydrogen-bond acceptors (Lipinski definition) is 4. The SMILES string of the molecule is O=C(NCC(O)Cn1ccccc1=O)c1cc(-c2ccc(F)cc2)n[nH]1. The molecule has 0 radical (unpaired) electrons. The van der Waals surface area contributed by atoms with Gasteiger partial charge in [-0.2, -0.15) is 5.10 Å². The zero-order valence-corrected chi connectivity index (χ0v) is 13.7. The number of carbonyl (C=O) groups excluding carboxylic acids is 1. The van der Waals surface area contributed by atoms with E-state index in [1.54, 1.807) is 30.5 Å². The van der Waals surface area contributed by atoms with E-state index in [0.717, 1.165) is 0 Å². The molecule has 0 saturated carbocycles. The predicted molar refractivity (Wildman–Crippen MR) is 93.0 cm³/mol. The van der Waals surface area contributed by atoms with Crippen molar-refractivity contribution in [2.75, 3.05) is 6.54 Å². The van der Waals surface area contributed by atoms with E-state index in [1.165, 1.54) is 28.8 Å². The summed E-state index contributed by atoms with van der Waals surface area (Å²) in [6.07, 6.45) is 0.649. The summed E-state index contributed by atoms with van der Waals surface area (Å²) in [5.41, 5.74) is 1.17. The number of rotatable bonds is 6. The fraction of sp³-hybridized carbons (Fsp3) is 0.167. The lowest BCUT2D eigenvalue weighted by Gasteiger charge is -2.12. The number of halogens is 1. The van der Waals surface area contributed by atoms with Gasteiger partial charge in [-0.3, -0.25) is 14.7 Å². The van der Waals surface area contributed by atoms with E-state index < -0.39 is 12.0 Å². The van der Waals surface area contributed by atoms with Crippen molar-refractivity contribution in [1.29, 1.82) is 0 Å². The van der Waals surface area contributed by atoms with Gasteiger partial charge in [0.25, 0.3) is 11.5 Å². The molecule has 26 heavy (non-hydrogen) atoms. The van der Waals surface area contributed by atoms with Crippen molar-refractivity contribution in [2.24, 2.45) is 0 Å². The number of H-pyrrole nitrogens is 1. The van der Waals surface area contributed by atoms with Gasteiger partial charge in [0.15, 0.2) is 0 Å². The minimum atomic E-state index is -0.918. The lowest BCUT2D eigenvalue weighted by atomic mass is 10.1. The number of pyridine rings is 1. The number of aromatic amines is 1. The zero-order chi connectivity index (χ0) is 18.5. The van der Waals surface area contributed by atoms with E-state index >= 15 is 0 Å². The molecule has 1 unspecified atom stereocenters. The molecule has 0 saturated heterocycles. The number of nitrogens with zero attached hydrogens (tertiary/aromatic N) is 2. The Morgan fingerprint density at radius 3 is 2.77 bits per heavy atom. The summed E-state index contributed by atoms with van der Waals surface area (Å²) in [6, 6.07) is 12.0. The first-order valence-electron chi connectivity index (χ1n) is 7.96. The van der Waals surface area contributed by atoms with Gasteiger partial charge in [0.2, 0.25) is 0 Å². The smallest absolute Gasteiger partial charge is 0.269 e. The lowest BCUT2D eigenvalue weighted by Crippen LogP contribution is -2.36. The van der Waals surface area contributed by atoms with Crippen LogP contribution in [0.15, 0.2) is 59.5 Å². The van der Waals surface area contributed by atoms with Crippen LogP contribution in [0.5, 0.6) is 0 Å². The van der Waals surface area contributed by atoms with Gasteiger partial charge in [0.1, 0.15) is 11.5 Å². The Kier molecular flexibility index (Phi) is 5.23. The summed E-state index contributed by atoms with van der Waals surface area (Å²) in [5, 5.41) is 19.2. The van der Waals surface area contributed by atoms with Crippen molar-refractivity contribution in [3.05, 3.63) is 76.6 Å². The number of amides is 1. The Balaban J connectivity index is 1.57. The van der Waals surface area contributed by atoms with E-state index in [-0.39, 0.29) is 30.2 Å². The molecule has 2 aromatic heterocycles. The maximum atomic E-state index is 13.0. The van der Waals surface area contributed by atoms with Crippen molar-refractivity contribution in [1.82, 2.24) is 20.1 Å². The van der Waals surface area contributed by atoms with E-state index in [0.29, 0.717) is 11.3 Å². The van der Waals surface area contributed by atoms with Crippen LogP contribution in [0.1, 0.15) is 10.5 Å². The predicted octanol–water partition coefficient (Wildman–Crippen LogP) is 1.17. The maximum Gasteiger partial charge on any atom is 0.269 e. The van der Waals surface area contributed by atoms with Crippen LogP contribution in [0.4, 0.5) is 4.39 Å². The molecule has 1 atom stereocenters. The Labute approximate surface area is 148 Å². The number of aromatic nitrogens is 3. The van der Waals surface area contributed by atoms with Crippen molar-refractivity contribution < 1.29 is 14.3 Å². The molecule has 3 rings (SSSR count). The number of aliphatic hydroxyl groups excluding tert-OH is 1. The number of hydrogen-bond donors (Lipinski definition) is 3. The number of benzene rings is 1. The van der Waals surface area contributed by atoms with Crippen LogP contribution in [0.3, 0.4) is 0 Å². The molecule has 3 aromatic rings. The second kappa shape index (κ2) is 7.75. The van der Waals surface area contributed by atoms with Crippen molar-refractivity contribution >= 4 is 5.91 Å². The first kappa shape index (κ1) is 17.6. The minimum absolute atomic E-state index is 0.0227. The van der Waals surface area contributed by atoms with Crippen LogP contribution in [0, 0.1) is 5.82 Å². The average molecular weight is 356 g/mol. The highest BCUT2D eigenvalue weighted by atomic mass is 19.1. The lowest BCUT2D eigenvalue weighted by molar-refractivity contribution is 0.0898. The van der Waals surface area contributed by atoms with Crippen LogP contribution in [-0.2, 0) is 6.54 Å². The van der Waals surface area contributed by atoms with E-state index in [1.807, 2.05) is 0 Å². The highest BCUT2D eigenvalue weighted by Gasteiger charge is 2.13. The van der Waals surface area contributed by atoms with Gasteiger partial charge in [-0.1, -0.05) is 6.07 Å². The summed E-state index contributed by atoms with van der Waals surface area (Å²) >= 11 is 0. The summed E-state index contributed by atoms with van der Waals surface area (Å²) in [6.45, 7) is 0.0504. The van der Waals surface area contributed by atoms with Crippen LogP contribution in [0.25, 0.3) is 11.3 Å². The third kappa shape index (κ3) is 4.22. The minimum Gasteiger partial charge on any atom is -0.389 e. The Morgan fingerprint density at radius 2 is 2.04 bits per heavy atom. The van der Waals surface area contributed by atoms with E-state index in [9.17, 15) is 19.1 Å². The van der Waals surface area contributed by atoms with Crippen LogP contribution in [-0.4, -0.2) is 38.4 Å². The molecule has 3 N–H and O–H groups in total. The third-order valence-corrected chi connectivity index (χ3v) is 3.77. The first-order chi connectivity index (χ1) is 12.5. The van der Waals surface area contributed by atoms with Gasteiger partial charge in [-0.05, 0) is 36.4 Å². The first-order valence-corrected chi connectivity index (χ1v) is 7.96. The molecular weight excluding hydrogens is 339 g/mol. The highest BCUT2D eigenvalue weighted by molar-refractivity contribution is 5.93. The summed E-state index contributed by atoms with van der Waals surface area (Å²) in [4.78, 5) is 23.7. The molecule has 0 fully saturated rings. The summed E-state index contributed by atoms with van der Waals surface area (Å²) in [7, 11) is 0. The fourth-order valence-corrected chi connectivity index (χ4v) is 2.42. The maximum absolute atomic E-state index is 13.0. The van der Waals surface area contributed by atoms with Gasteiger partial charge in [0, 0.05) is 24.4 Å². The Morgan fingerprint density at radius 1 is 1.27 bits per heavy atom. The number of aliphatic hydroxyl groups is 1. The largest absolute Gasteiger partial charge is 0.389 e. The molecule has 0 aliphatic heterocycles. The van der Waals surface area contributed by atoms with Crippen molar-refractivity contribution in [3.63, 3.8) is 0 Å². The third-order valence-electron chi connectivity index (χ3n) is 3.77. The molecule has 0 aliphatic rings. The number of nitrogens with one attached hydrogen (secondary N) is 2. The topological polar surface area (TPSA) is 100 Å². The van der Waals surface area contributed by atoms with Crippen LogP contribution in [0.2, 0.25) is 0 Å². The molecule has 8 heteroatoms. The Bertz CT molecular complexity index is 949. The Hall–Kier alpha value is -3.26. The normalized spacial score (nSPS) is 11.9. The van der Waals surface area contributed by atoms with Gasteiger partial charge >= 0.3 is 0 Å².